The van der Waals surface area contributed by atoms with Gasteiger partial charge in [0, 0.05) is 52.4 Å². The number of likely N-dealkylation sites (N-methyl/N-ethyl adjacent to an activating group) is 1. The molecule has 0 saturated carbocycles. The lowest BCUT2D eigenvalue weighted by atomic mass is 10.0. The molecule has 0 unspecified atom stereocenters. The summed E-state index contributed by atoms with van der Waals surface area (Å²) in [6, 6.07) is 7.51. The molecule has 3 aliphatic rings. The monoisotopic (exact) mass is 442 g/mol. The largest absolute Gasteiger partial charge is 0.494 e. The Kier molecular flexibility index (Phi) is 7.44. The minimum absolute atomic E-state index is 0.162. The van der Waals surface area contributed by atoms with Crippen molar-refractivity contribution in [2.75, 3.05) is 79.2 Å². The maximum atomic E-state index is 13.5. The normalized spacial score (nSPS) is 21.1. The Hall–Kier alpha value is -2.42. The molecular formula is C24H34N4O4. The zero-order valence-corrected chi connectivity index (χ0v) is 19.2. The van der Waals surface area contributed by atoms with Crippen LogP contribution in [0.5, 0.6) is 5.75 Å². The molecule has 1 aromatic rings. The van der Waals surface area contributed by atoms with Crippen molar-refractivity contribution in [3.05, 3.63) is 35.5 Å². The van der Waals surface area contributed by atoms with E-state index in [1.807, 2.05) is 31.2 Å². The van der Waals surface area contributed by atoms with Crippen molar-refractivity contribution in [3.8, 4) is 5.75 Å². The molecular weight excluding hydrogens is 408 g/mol. The highest BCUT2D eigenvalue weighted by Crippen LogP contribution is 2.33. The van der Waals surface area contributed by atoms with E-state index in [2.05, 4.69) is 21.7 Å². The van der Waals surface area contributed by atoms with Gasteiger partial charge in [0.1, 0.15) is 11.4 Å². The van der Waals surface area contributed by atoms with Crippen molar-refractivity contribution in [1.29, 1.82) is 0 Å². The number of hydrogen-bond donors (Lipinski definition) is 0. The molecule has 174 valence electrons. The summed E-state index contributed by atoms with van der Waals surface area (Å²) < 4.78 is 11.0. The van der Waals surface area contributed by atoms with Gasteiger partial charge >= 0.3 is 0 Å². The number of rotatable bonds is 8. The summed E-state index contributed by atoms with van der Waals surface area (Å²) in [6.07, 6.45) is 0.768. The van der Waals surface area contributed by atoms with E-state index in [0.29, 0.717) is 24.4 Å². The number of amides is 2. The quantitative estimate of drug-likeness (QED) is 0.560. The number of ether oxygens (including phenoxy) is 2. The first-order valence-electron chi connectivity index (χ1n) is 11.7. The van der Waals surface area contributed by atoms with Crippen molar-refractivity contribution in [2.24, 2.45) is 0 Å². The molecule has 2 amide bonds. The van der Waals surface area contributed by atoms with E-state index >= 15 is 0 Å². The molecule has 4 rings (SSSR count). The van der Waals surface area contributed by atoms with Gasteiger partial charge in [-0.15, -0.1) is 0 Å². The van der Waals surface area contributed by atoms with Crippen LogP contribution >= 0.6 is 0 Å². The molecule has 0 atom stereocenters. The Morgan fingerprint density at radius 1 is 0.906 bits per heavy atom. The molecule has 0 aromatic heterocycles. The first kappa shape index (κ1) is 22.8. The van der Waals surface area contributed by atoms with Crippen LogP contribution < -0.4 is 4.74 Å². The van der Waals surface area contributed by atoms with Crippen LogP contribution in [0.2, 0.25) is 0 Å². The molecule has 0 radical (unpaired) electrons. The molecule has 0 aliphatic carbocycles. The molecule has 32 heavy (non-hydrogen) atoms. The van der Waals surface area contributed by atoms with Crippen molar-refractivity contribution >= 4 is 17.4 Å². The average molecular weight is 443 g/mol. The number of hydrogen-bond acceptors (Lipinski definition) is 7. The van der Waals surface area contributed by atoms with E-state index in [0.717, 1.165) is 76.8 Å². The Morgan fingerprint density at radius 2 is 1.59 bits per heavy atom. The predicted octanol–water partition coefficient (Wildman–Crippen LogP) is 1.13. The SMILES string of the molecule is CCOc1ccc(C2=C(N3CCN(C)CC3)C(=O)N(CCCN3CCOCC3)C2=O)cc1. The molecule has 0 N–H and O–H groups in total. The third-order valence-electron chi connectivity index (χ3n) is 6.38. The number of morpholine rings is 1. The van der Waals surface area contributed by atoms with Gasteiger partial charge in [-0.25, -0.2) is 0 Å². The topological polar surface area (TPSA) is 65.6 Å². The first-order valence-corrected chi connectivity index (χ1v) is 11.7. The molecule has 0 bridgehead atoms. The molecule has 2 saturated heterocycles. The first-order chi connectivity index (χ1) is 15.6. The minimum atomic E-state index is -0.185. The summed E-state index contributed by atoms with van der Waals surface area (Å²) in [7, 11) is 2.08. The molecule has 8 heteroatoms. The highest BCUT2D eigenvalue weighted by atomic mass is 16.5. The van der Waals surface area contributed by atoms with E-state index in [1.54, 1.807) is 0 Å². The van der Waals surface area contributed by atoms with Crippen molar-refractivity contribution in [3.63, 3.8) is 0 Å². The maximum absolute atomic E-state index is 13.5. The number of imide groups is 1. The van der Waals surface area contributed by atoms with Crippen LogP contribution in [0.4, 0.5) is 0 Å². The summed E-state index contributed by atoms with van der Waals surface area (Å²) in [4.78, 5) is 35.0. The van der Waals surface area contributed by atoms with E-state index in [9.17, 15) is 9.59 Å². The summed E-state index contributed by atoms with van der Waals surface area (Å²) in [5, 5.41) is 0. The Bertz CT molecular complexity index is 840. The van der Waals surface area contributed by atoms with Crippen LogP contribution in [0.3, 0.4) is 0 Å². The molecule has 0 spiro atoms. The summed E-state index contributed by atoms with van der Waals surface area (Å²) in [5.74, 6) is 0.414. The van der Waals surface area contributed by atoms with Crippen LogP contribution in [0.1, 0.15) is 18.9 Å². The lowest BCUT2D eigenvalue weighted by Gasteiger charge is -2.34. The lowest BCUT2D eigenvalue weighted by molar-refractivity contribution is -0.137. The molecule has 3 aliphatic heterocycles. The van der Waals surface area contributed by atoms with Gasteiger partial charge < -0.3 is 19.3 Å². The minimum Gasteiger partial charge on any atom is -0.494 e. The van der Waals surface area contributed by atoms with Crippen molar-refractivity contribution in [2.45, 2.75) is 13.3 Å². The van der Waals surface area contributed by atoms with E-state index < -0.39 is 0 Å². The lowest BCUT2D eigenvalue weighted by Crippen LogP contribution is -2.46. The van der Waals surface area contributed by atoms with Gasteiger partial charge in [0.25, 0.3) is 11.8 Å². The van der Waals surface area contributed by atoms with Crippen LogP contribution in [-0.2, 0) is 14.3 Å². The van der Waals surface area contributed by atoms with Gasteiger partial charge in [0.15, 0.2) is 0 Å². The van der Waals surface area contributed by atoms with Crippen LogP contribution in [0.25, 0.3) is 5.57 Å². The second kappa shape index (κ2) is 10.5. The van der Waals surface area contributed by atoms with Gasteiger partial charge in [-0.3, -0.25) is 19.4 Å². The number of carbonyl (C=O) groups excluding carboxylic acids is 2. The average Bonchev–Trinajstić information content (AvgIpc) is 3.06. The summed E-state index contributed by atoms with van der Waals surface area (Å²) in [6.45, 7) is 10.4. The highest BCUT2D eigenvalue weighted by molar-refractivity contribution is 6.35. The smallest absolute Gasteiger partial charge is 0.277 e. The maximum Gasteiger partial charge on any atom is 0.277 e. The number of piperazine rings is 1. The second-order valence-electron chi connectivity index (χ2n) is 8.54. The summed E-state index contributed by atoms with van der Waals surface area (Å²) >= 11 is 0. The van der Waals surface area contributed by atoms with Crippen LogP contribution in [0.15, 0.2) is 30.0 Å². The number of benzene rings is 1. The van der Waals surface area contributed by atoms with Gasteiger partial charge in [-0.05, 0) is 38.1 Å². The third-order valence-corrected chi connectivity index (χ3v) is 6.38. The number of carbonyl (C=O) groups is 2. The Morgan fingerprint density at radius 3 is 2.25 bits per heavy atom. The third kappa shape index (κ3) is 4.98. The van der Waals surface area contributed by atoms with E-state index in [1.165, 1.54) is 4.90 Å². The van der Waals surface area contributed by atoms with Gasteiger partial charge in [0.05, 0.1) is 25.4 Å². The van der Waals surface area contributed by atoms with Crippen molar-refractivity contribution < 1.29 is 19.1 Å². The Labute approximate surface area is 190 Å². The second-order valence-corrected chi connectivity index (χ2v) is 8.54. The van der Waals surface area contributed by atoms with Crippen LogP contribution in [0, 0.1) is 0 Å². The van der Waals surface area contributed by atoms with Gasteiger partial charge in [-0.2, -0.15) is 0 Å². The fraction of sp³-hybridized carbons (Fsp3) is 0.583. The van der Waals surface area contributed by atoms with Crippen molar-refractivity contribution in [1.82, 2.24) is 19.6 Å². The molecule has 2 fully saturated rings. The summed E-state index contributed by atoms with van der Waals surface area (Å²) in [5.41, 5.74) is 1.85. The van der Waals surface area contributed by atoms with Gasteiger partial charge in [0.2, 0.25) is 0 Å². The Balaban J connectivity index is 1.53. The molecule has 3 heterocycles. The fourth-order valence-corrected chi connectivity index (χ4v) is 4.51. The zero-order valence-electron chi connectivity index (χ0n) is 19.2. The standard InChI is InChI=1S/C24H34N4O4/c1-3-32-20-7-5-19(6-8-20)21-22(27-13-11-25(2)12-14-27)24(30)28(23(21)29)10-4-9-26-15-17-31-18-16-26/h5-8H,3-4,9-18H2,1-2H3. The molecule has 8 nitrogen and oxygen atoms in total. The van der Waals surface area contributed by atoms with E-state index in [4.69, 9.17) is 9.47 Å². The van der Waals surface area contributed by atoms with Crippen LogP contribution in [-0.4, -0.2) is 111 Å². The van der Waals surface area contributed by atoms with E-state index in [-0.39, 0.29) is 11.8 Å². The molecule has 1 aromatic carbocycles. The predicted molar refractivity (Wildman–Crippen MR) is 122 cm³/mol. The number of nitrogens with zero attached hydrogens (tertiary/aromatic N) is 4. The highest BCUT2D eigenvalue weighted by Gasteiger charge is 2.41. The fourth-order valence-electron chi connectivity index (χ4n) is 4.51. The van der Waals surface area contributed by atoms with Gasteiger partial charge in [-0.1, -0.05) is 12.1 Å². The zero-order chi connectivity index (χ0) is 22.5.